The van der Waals surface area contributed by atoms with Crippen molar-refractivity contribution in [3.8, 4) is 0 Å². The second kappa shape index (κ2) is 10.5. The van der Waals surface area contributed by atoms with Gasteiger partial charge in [-0.1, -0.05) is 29.5 Å². The summed E-state index contributed by atoms with van der Waals surface area (Å²) >= 11 is 2.51. The van der Waals surface area contributed by atoms with Crippen LogP contribution in [0.2, 0.25) is 0 Å². The van der Waals surface area contributed by atoms with E-state index in [4.69, 9.17) is 0 Å². The van der Waals surface area contributed by atoms with Crippen molar-refractivity contribution in [2.75, 3.05) is 17.2 Å². The summed E-state index contributed by atoms with van der Waals surface area (Å²) in [6.07, 6.45) is -4.10. The molecule has 4 rings (SSSR count). The summed E-state index contributed by atoms with van der Waals surface area (Å²) in [6, 6.07) is 9.63. The molecule has 1 atom stereocenters. The van der Waals surface area contributed by atoms with Crippen molar-refractivity contribution in [2.24, 2.45) is 0 Å². The predicted octanol–water partition coefficient (Wildman–Crippen LogP) is 5.52. The van der Waals surface area contributed by atoms with E-state index in [0.29, 0.717) is 21.0 Å². The molecule has 7 nitrogen and oxygen atoms in total. The molecule has 4 aromatic rings. The van der Waals surface area contributed by atoms with Crippen molar-refractivity contribution in [1.82, 2.24) is 9.97 Å². The Morgan fingerprint density at radius 1 is 1.11 bits per heavy atom. The highest BCUT2D eigenvalue weighted by atomic mass is 32.1. The van der Waals surface area contributed by atoms with Crippen LogP contribution in [-0.2, 0) is 11.0 Å². The second-order valence-electron chi connectivity index (χ2n) is 7.56. The molecular weight excluding hydrogens is 501 g/mol. The molecule has 0 saturated heterocycles. The number of fused-ring (bicyclic) bond motifs is 1. The normalized spacial score (nSPS) is 12.5. The first-order chi connectivity index (χ1) is 16.7. The van der Waals surface area contributed by atoms with Crippen molar-refractivity contribution >= 4 is 55.5 Å². The Bertz CT molecular complexity index is 1340. The van der Waals surface area contributed by atoms with Crippen molar-refractivity contribution in [3.05, 3.63) is 70.2 Å². The van der Waals surface area contributed by atoms with Crippen LogP contribution < -0.4 is 10.6 Å². The van der Waals surface area contributed by atoms with Crippen molar-refractivity contribution in [2.45, 2.75) is 24.9 Å². The molecule has 35 heavy (non-hydrogen) atoms. The van der Waals surface area contributed by atoms with Gasteiger partial charge in [-0.15, -0.1) is 11.3 Å². The third-order valence-electron chi connectivity index (χ3n) is 5.13. The highest BCUT2D eigenvalue weighted by Gasteiger charge is 2.32. The number of aromatic nitrogens is 2. The molecule has 0 spiro atoms. The average molecular weight is 521 g/mol. The fraction of sp³-hybridized carbons (Fsp3) is 0.217. The Morgan fingerprint density at radius 3 is 2.66 bits per heavy atom. The zero-order valence-corrected chi connectivity index (χ0v) is 19.6. The molecule has 0 radical (unpaired) electrons. The van der Waals surface area contributed by atoms with Gasteiger partial charge in [0.05, 0.1) is 27.2 Å². The summed E-state index contributed by atoms with van der Waals surface area (Å²) in [5.41, 5.74) is 2.26. The number of rotatable bonds is 8. The zero-order chi connectivity index (χ0) is 25.0. The van der Waals surface area contributed by atoms with Crippen LogP contribution in [0.3, 0.4) is 0 Å². The van der Waals surface area contributed by atoms with Gasteiger partial charge in [0.25, 0.3) is 5.91 Å². The van der Waals surface area contributed by atoms with E-state index in [1.807, 2.05) is 0 Å². The summed E-state index contributed by atoms with van der Waals surface area (Å²) in [6.45, 7) is -0.190. The number of hydrogen-bond donors (Lipinski definition) is 3. The van der Waals surface area contributed by atoms with Gasteiger partial charge in [-0.2, -0.15) is 13.2 Å². The number of nitrogens with zero attached hydrogens (tertiary/aromatic N) is 2. The van der Waals surface area contributed by atoms with Gasteiger partial charge in [-0.3, -0.25) is 14.9 Å². The molecule has 0 aliphatic carbocycles. The number of thiazole rings is 2. The Labute approximate surface area is 205 Å². The number of carbonyl (C=O) groups excluding carboxylic acids is 2. The molecule has 2 amide bonds. The van der Waals surface area contributed by atoms with Crippen LogP contribution >= 0.6 is 22.7 Å². The number of nitrogens with one attached hydrogen (secondary N) is 2. The molecule has 0 fully saturated rings. The first kappa shape index (κ1) is 24.8. The lowest BCUT2D eigenvalue weighted by molar-refractivity contribution is -0.137. The molecule has 2 heterocycles. The number of aliphatic hydroxyl groups is 1. The van der Waals surface area contributed by atoms with Crippen molar-refractivity contribution in [3.63, 3.8) is 0 Å². The highest BCUT2D eigenvalue weighted by molar-refractivity contribution is 7.22. The van der Waals surface area contributed by atoms with Crippen LogP contribution in [0, 0.1) is 0 Å². The monoisotopic (exact) mass is 520 g/mol. The third kappa shape index (κ3) is 6.02. The minimum atomic E-state index is -4.53. The van der Waals surface area contributed by atoms with Crippen molar-refractivity contribution < 1.29 is 27.9 Å². The third-order valence-corrected chi connectivity index (χ3v) is 6.65. The molecule has 2 aromatic carbocycles. The maximum absolute atomic E-state index is 13.2. The van der Waals surface area contributed by atoms with Gasteiger partial charge >= 0.3 is 6.18 Å². The summed E-state index contributed by atoms with van der Waals surface area (Å²) in [4.78, 5) is 33.6. The van der Waals surface area contributed by atoms with Crippen molar-refractivity contribution in [1.29, 1.82) is 0 Å². The van der Waals surface area contributed by atoms with Crippen LogP contribution in [0.4, 0.5) is 24.0 Å². The minimum absolute atomic E-state index is 0.180. The van der Waals surface area contributed by atoms with E-state index < -0.39 is 23.6 Å². The summed E-state index contributed by atoms with van der Waals surface area (Å²) < 4.78 is 40.2. The number of hydrogen-bond acceptors (Lipinski definition) is 7. The Balaban J connectivity index is 1.53. The van der Waals surface area contributed by atoms with E-state index in [2.05, 4.69) is 20.6 Å². The molecule has 0 bridgehead atoms. The maximum atomic E-state index is 13.2. The summed E-state index contributed by atoms with van der Waals surface area (Å²) in [5, 5.41) is 16.6. The van der Waals surface area contributed by atoms with Crippen LogP contribution in [0.5, 0.6) is 0 Å². The quantitative estimate of drug-likeness (QED) is 0.284. The van der Waals surface area contributed by atoms with E-state index in [1.165, 1.54) is 34.8 Å². The molecule has 12 heteroatoms. The van der Waals surface area contributed by atoms with E-state index >= 15 is 0 Å². The first-order valence-corrected chi connectivity index (χ1v) is 12.2. The lowest BCUT2D eigenvalue weighted by atomic mass is 9.92. The fourth-order valence-corrected chi connectivity index (χ4v) is 4.88. The molecule has 3 N–H and O–H groups in total. The number of amides is 2. The topological polar surface area (TPSA) is 104 Å². The van der Waals surface area contributed by atoms with Gasteiger partial charge in [-0.25, -0.2) is 9.97 Å². The smallest absolute Gasteiger partial charge is 0.396 e. The summed E-state index contributed by atoms with van der Waals surface area (Å²) in [7, 11) is 0. The van der Waals surface area contributed by atoms with Gasteiger partial charge in [0, 0.05) is 17.7 Å². The highest BCUT2D eigenvalue weighted by Crippen LogP contribution is 2.33. The number of anilines is 2. The number of halogens is 3. The lowest BCUT2D eigenvalue weighted by Gasteiger charge is -2.18. The molecule has 0 saturated carbocycles. The van der Waals surface area contributed by atoms with Gasteiger partial charge in [0.2, 0.25) is 5.91 Å². The molecular formula is C23H19F3N4O3S2. The molecule has 0 aliphatic heterocycles. The molecule has 182 valence electrons. The Hall–Kier alpha value is -3.35. The standard InChI is InChI=1S/C23H19F3N4O3S2/c24-23(25,26)14-4-1-3-13(9-14)16(5-2-8-31)20(32)28-15-6-7-17-19(10-15)35-22(29-17)30-21(33)18-11-34-12-27-18/h1,3-4,6-7,9-12,16,31H,2,5,8H2,(H,28,32)(H,29,30,33). The average Bonchev–Trinajstić information content (AvgIpc) is 3.48. The van der Waals surface area contributed by atoms with Crippen LogP contribution in [-0.4, -0.2) is 33.5 Å². The second-order valence-corrected chi connectivity index (χ2v) is 9.31. The van der Waals surface area contributed by atoms with Crippen LogP contribution in [0.1, 0.15) is 40.4 Å². The van der Waals surface area contributed by atoms with Gasteiger partial charge in [0.1, 0.15) is 5.69 Å². The zero-order valence-electron chi connectivity index (χ0n) is 18.0. The number of alkyl halides is 3. The SMILES string of the molecule is O=C(Nc1nc2ccc(NC(=O)C(CCCO)c3cccc(C(F)(F)F)c3)cc2s1)c1cscn1. The molecule has 1 unspecified atom stereocenters. The maximum Gasteiger partial charge on any atom is 0.416 e. The van der Waals surface area contributed by atoms with Gasteiger partial charge < -0.3 is 10.4 Å². The summed E-state index contributed by atoms with van der Waals surface area (Å²) in [5.74, 6) is -1.75. The van der Waals surface area contributed by atoms with E-state index in [-0.39, 0.29) is 36.6 Å². The lowest BCUT2D eigenvalue weighted by Crippen LogP contribution is -2.22. The number of benzene rings is 2. The van der Waals surface area contributed by atoms with E-state index in [1.54, 1.807) is 29.1 Å². The minimum Gasteiger partial charge on any atom is -0.396 e. The first-order valence-electron chi connectivity index (χ1n) is 10.4. The van der Waals surface area contributed by atoms with Gasteiger partial charge in [0.15, 0.2) is 5.13 Å². The van der Waals surface area contributed by atoms with E-state index in [0.717, 1.165) is 12.1 Å². The number of carbonyl (C=O) groups is 2. The van der Waals surface area contributed by atoms with Crippen LogP contribution in [0.15, 0.2) is 53.4 Å². The molecule has 2 aromatic heterocycles. The molecule has 0 aliphatic rings. The fourth-order valence-electron chi connectivity index (χ4n) is 3.45. The predicted molar refractivity (Wildman–Crippen MR) is 129 cm³/mol. The van der Waals surface area contributed by atoms with Crippen LogP contribution in [0.25, 0.3) is 10.2 Å². The Morgan fingerprint density at radius 2 is 1.94 bits per heavy atom. The number of aliphatic hydroxyl groups excluding tert-OH is 1. The van der Waals surface area contributed by atoms with E-state index in [9.17, 15) is 27.9 Å². The Kier molecular flexibility index (Phi) is 7.43. The van der Waals surface area contributed by atoms with Gasteiger partial charge in [-0.05, 0) is 42.7 Å². The largest absolute Gasteiger partial charge is 0.416 e.